The Bertz CT molecular complexity index is 411. The van der Waals surface area contributed by atoms with Gasteiger partial charge in [0.15, 0.2) is 0 Å². The largest absolute Gasteiger partial charge is 0.392 e. The second-order valence-electron chi connectivity index (χ2n) is 5.60. The molecule has 1 aromatic heterocycles. The van der Waals surface area contributed by atoms with E-state index in [9.17, 15) is 9.90 Å². The van der Waals surface area contributed by atoms with Crippen molar-refractivity contribution in [3.05, 3.63) is 18.5 Å². The van der Waals surface area contributed by atoms with Crippen molar-refractivity contribution in [3.8, 4) is 0 Å². The Labute approximate surface area is 120 Å². The second-order valence-corrected chi connectivity index (χ2v) is 5.60. The number of nitrogens with zero attached hydrogens (tertiary/aromatic N) is 4. The van der Waals surface area contributed by atoms with Gasteiger partial charge in [-0.05, 0) is 13.0 Å². The highest BCUT2D eigenvalue weighted by atomic mass is 16.3. The van der Waals surface area contributed by atoms with Crippen LogP contribution in [-0.4, -0.2) is 69.4 Å². The van der Waals surface area contributed by atoms with Crippen LogP contribution in [0.2, 0.25) is 0 Å². The number of carbonyl (C=O) groups excluding carboxylic acids is 1. The van der Waals surface area contributed by atoms with E-state index < -0.39 is 0 Å². The smallest absolute Gasteiger partial charge is 0.227 e. The standard InChI is InChI=1S/C14H24N4O2/c1-12(10-18-5-3-4-15-18)14(20)17-8-6-16(7-9-17)11-13(2)19/h3-5,12-13,19H,6-11H2,1-2H3/t12-,13+/m1/s1. The summed E-state index contributed by atoms with van der Waals surface area (Å²) in [6.07, 6.45) is 3.30. The van der Waals surface area contributed by atoms with Crippen LogP contribution in [0.3, 0.4) is 0 Å². The fourth-order valence-corrected chi connectivity index (χ4v) is 2.60. The number of amides is 1. The van der Waals surface area contributed by atoms with E-state index in [0.717, 1.165) is 26.2 Å². The van der Waals surface area contributed by atoms with Crippen molar-refractivity contribution in [1.29, 1.82) is 0 Å². The SMILES string of the molecule is C[C@H](O)CN1CCN(C(=O)[C@H](C)Cn2cccn2)CC1. The third-order valence-electron chi connectivity index (χ3n) is 3.65. The van der Waals surface area contributed by atoms with Crippen LogP contribution in [0.15, 0.2) is 18.5 Å². The Morgan fingerprint density at radius 2 is 1.95 bits per heavy atom. The molecule has 20 heavy (non-hydrogen) atoms. The van der Waals surface area contributed by atoms with Crippen LogP contribution in [0.25, 0.3) is 0 Å². The first-order valence-corrected chi connectivity index (χ1v) is 7.23. The minimum atomic E-state index is -0.309. The molecule has 0 aromatic carbocycles. The van der Waals surface area contributed by atoms with Gasteiger partial charge >= 0.3 is 0 Å². The van der Waals surface area contributed by atoms with E-state index in [4.69, 9.17) is 0 Å². The number of β-amino-alcohol motifs (C(OH)–C–C–N with tert-alkyl or cyclic N) is 1. The van der Waals surface area contributed by atoms with Crippen LogP contribution in [-0.2, 0) is 11.3 Å². The molecule has 6 nitrogen and oxygen atoms in total. The molecule has 1 amide bonds. The normalized spacial score (nSPS) is 19.9. The van der Waals surface area contributed by atoms with E-state index in [1.54, 1.807) is 17.8 Å². The summed E-state index contributed by atoms with van der Waals surface area (Å²) < 4.78 is 1.80. The number of aliphatic hydroxyl groups is 1. The van der Waals surface area contributed by atoms with Gasteiger partial charge in [0.05, 0.1) is 18.6 Å². The second kappa shape index (κ2) is 6.85. The van der Waals surface area contributed by atoms with Gasteiger partial charge in [0.1, 0.15) is 0 Å². The zero-order chi connectivity index (χ0) is 14.5. The lowest BCUT2D eigenvalue weighted by Gasteiger charge is -2.36. The maximum atomic E-state index is 12.4. The number of rotatable bonds is 5. The molecule has 6 heteroatoms. The van der Waals surface area contributed by atoms with Crippen LogP contribution < -0.4 is 0 Å². The Balaban J connectivity index is 1.79. The Morgan fingerprint density at radius 3 is 2.50 bits per heavy atom. The molecule has 2 atom stereocenters. The summed E-state index contributed by atoms with van der Waals surface area (Å²) in [6.45, 7) is 8.22. The monoisotopic (exact) mass is 280 g/mol. The quantitative estimate of drug-likeness (QED) is 0.827. The molecule has 2 rings (SSSR count). The lowest BCUT2D eigenvalue weighted by atomic mass is 10.1. The topological polar surface area (TPSA) is 61.6 Å². The van der Waals surface area contributed by atoms with Crippen molar-refractivity contribution < 1.29 is 9.90 Å². The zero-order valence-corrected chi connectivity index (χ0v) is 12.3. The summed E-state index contributed by atoms with van der Waals surface area (Å²) >= 11 is 0. The van der Waals surface area contributed by atoms with E-state index >= 15 is 0 Å². The van der Waals surface area contributed by atoms with Crippen molar-refractivity contribution >= 4 is 5.91 Å². The molecule has 0 spiro atoms. The predicted molar refractivity (Wildman–Crippen MR) is 76.1 cm³/mol. The Hall–Kier alpha value is -1.40. The Morgan fingerprint density at radius 1 is 1.25 bits per heavy atom. The van der Waals surface area contributed by atoms with Crippen molar-refractivity contribution in [2.75, 3.05) is 32.7 Å². The number of carbonyl (C=O) groups is 1. The van der Waals surface area contributed by atoms with Crippen molar-refractivity contribution in [2.45, 2.75) is 26.5 Å². The molecule has 0 aliphatic carbocycles. The van der Waals surface area contributed by atoms with Gasteiger partial charge in [0, 0.05) is 45.1 Å². The first-order chi connectivity index (χ1) is 9.56. The lowest BCUT2D eigenvalue weighted by Crippen LogP contribution is -2.51. The molecule has 112 valence electrons. The summed E-state index contributed by atoms with van der Waals surface area (Å²) in [5, 5.41) is 13.5. The highest BCUT2D eigenvalue weighted by molar-refractivity contribution is 5.78. The third-order valence-corrected chi connectivity index (χ3v) is 3.65. The zero-order valence-electron chi connectivity index (χ0n) is 12.3. The van der Waals surface area contributed by atoms with Crippen molar-refractivity contribution in [2.24, 2.45) is 5.92 Å². The highest BCUT2D eigenvalue weighted by Gasteiger charge is 2.25. The molecular weight excluding hydrogens is 256 g/mol. The molecular formula is C14H24N4O2. The molecule has 1 aliphatic heterocycles. The molecule has 1 N–H and O–H groups in total. The van der Waals surface area contributed by atoms with Crippen LogP contribution in [0.1, 0.15) is 13.8 Å². The lowest BCUT2D eigenvalue weighted by molar-refractivity contribution is -0.137. The molecule has 1 aliphatic rings. The minimum absolute atomic E-state index is 0.0572. The average Bonchev–Trinajstić information content (AvgIpc) is 2.91. The highest BCUT2D eigenvalue weighted by Crippen LogP contribution is 2.09. The third kappa shape index (κ3) is 4.05. The van der Waals surface area contributed by atoms with Gasteiger partial charge < -0.3 is 10.0 Å². The van der Waals surface area contributed by atoms with Gasteiger partial charge in [-0.3, -0.25) is 14.4 Å². The number of aromatic nitrogens is 2. The molecule has 0 bridgehead atoms. The summed E-state index contributed by atoms with van der Waals surface area (Å²) in [6, 6.07) is 1.87. The first kappa shape index (κ1) is 15.0. The van der Waals surface area contributed by atoms with Gasteiger partial charge in [-0.15, -0.1) is 0 Å². The Kier molecular flexibility index (Phi) is 5.14. The molecule has 0 radical (unpaired) electrons. The molecule has 0 saturated carbocycles. The maximum Gasteiger partial charge on any atom is 0.227 e. The first-order valence-electron chi connectivity index (χ1n) is 7.23. The van der Waals surface area contributed by atoms with E-state index in [0.29, 0.717) is 13.1 Å². The molecule has 1 saturated heterocycles. The van der Waals surface area contributed by atoms with E-state index in [2.05, 4.69) is 10.00 Å². The van der Waals surface area contributed by atoms with Gasteiger partial charge in [-0.1, -0.05) is 6.92 Å². The molecule has 2 heterocycles. The van der Waals surface area contributed by atoms with Gasteiger partial charge in [-0.2, -0.15) is 5.10 Å². The number of hydrogen-bond acceptors (Lipinski definition) is 4. The fourth-order valence-electron chi connectivity index (χ4n) is 2.60. The number of piperazine rings is 1. The molecule has 1 aromatic rings. The van der Waals surface area contributed by atoms with Crippen molar-refractivity contribution in [3.63, 3.8) is 0 Å². The number of aliphatic hydroxyl groups excluding tert-OH is 1. The van der Waals surface area contributed by atoms with Crippen LogP contribution in [0.4, 0.5) is 0 Å². The summed E-state index contributed by atoms with van der Waals surface area (Å²) in [7, 11) is 0. The molecule has 1 fully saturated rings. The maximum absolute atomic E-state index is 12.4. The fraction of sp³-hybridized carbons (Fsp3) is 0.714. The van der Waals surface area contributed by atoms with Crippen LogP contribution in [0, 0.1) is 5.92 Å². The predicted octanol–water partition coefficient (Wildman–Crippen LogP) is 0.0442. The van der Waals surface area contributed by atoms with Gasteiger partial charge in [0.25, 0.3) is 0 Å². The van der Waals surface area contributed by atoms with Crippen LogP contribution in [0.5, 0.6) is 0 Å². The van der Waals surface area contributed by atoms with Crippen LogP contribution >= 0.6 is 0 Å². The summed E-state index contributed by atoms with van der Waals surface area (Å²) in [5.74, 6) is 0.135. The summed E-state index contributed by atoms with van der Waals surface area (Å²) in [4.78, 5) is 16.5. The minimum Gasteiger partial charge on any atom is -0.392 e. The van der Waals surface area contributed by atoms with Gasteiger partial charge in [-0.25, -0.2) is 0 Å². The van der Waals surface area contributed by atoms with E-state index in [-0.39, 0.29) is 17.9 Å². The number of hydrogen-bond donors (Lipinski definition) is 1. The average molecular weight is 280 g/mol. The summed E-state index contributed by atoms with van der Waals surface area (Å²) in [5.41, 5.74) is 0. The van der Waals surface area contributed by atoms with Gasteiger partial charge in [0.2, 0.25) is 5.91 Å². The molecule has 0 unspecified atom stereocenters. The van der Waals surface area contributed by atoms with E-state index in [1.165, 1.54) is 0 Å². The van der Waals surface area contributed by atoms with E-state index in [1.807, 2.05) is 24.1 Å². The van der Waals surface area contributed by atoms with Crippen molar-refractivity contribution in [1.82, 2.24) is 19.6 Å².